The number of anilines is 1. The smallest absolute Gasteiger partial charge is 0.410 e. The minimum absolute atomic E-state index is 0.00170. The number of nitrogens with zero attached hydrogens (tertiary/aromatic N) is 2. The van der Waals surface area contributed by atoms with Gasteiger partial charge in [-0.1, -0.05) is 30.2 Å². The van der Waals surface area contributed by atoms with E-state index >= 15 is 0 Å². The van der Waals surface area contributed by atoms with Crippen molar-refractivity contribution in [1.82, 2.24) is 15.2 Å². The molecule has 5 rings (SSSR count). The lowest BCUT2D eigenvalue weighted by molar-refractivity contribution is -0.140. The fourth-order valence-electron chi connectivity index (χ4n) is 5.77. The molecule has 1 unspecified atom stereocenters. The molecule has 1 atom stereocenters. The highest BCUT2D eigenvalue weighted by molar-refractivity contribution is 5.80. The van der Waals surface area contributed by atoms with Gasteiger partial charge in [-0.15, -0.1) is 0 Å². The maximum absolute atomic E-state index is 12.9. The van der Waals surface area contributed by atoms with Gasteiger partial charge in [-0.2, -0.15) is 0 Å². The van der Waals surface area contributed by atoms with Crippen molar-refractivity contribution < 1.29 is 33.7 Å². The lowest BCUT2D eigenvalue weighted by Gasteiger charge is -2.45. The van der Waals surface area contributed by atoms with Gasteiger partial charge in [0.15, 0.2) is 0 Å². The van der Waals surface area contributed by atoms with Crippen molar-refractivity contribution in [3.8, 4) is 11.8 Å². The van der Waals surface area contributed by atoms with Crippen LogP contribution in [0.4, 0.5) is 15.4 Å². The lowest BCUT2D eigenvalue weighted by atomic mass is 9.79. The first-order valence-corrected chi connectivity index (χ1v) is 16.1. The maximum Gasteiger partial charge on any atom is 0.410 e. The quantitative estimate of drug-likeness (QED) is 0.316. The minimum atomic E-state index is -1.30. The number of carboxylic acid groups (broad SMARTS) is 1. The molecule has 2 fully saturated rings. The minimum Gasteiger partial charge on any atom is -0.480 e. The van der Waals surface area contributed by atoms with Gasteiger partial charge < -0.3 is 30.0 Å². The SMILES string of the molecule is CC(C)(C)OC(=O)N1CC(C#Cc2ccccc2)(OC(=O)NC(CCOC2CC(CCc3ccc4c(n3)NCCC4)C2)C(=O)O)C1. The number of carboxylic acids is 1. The number of benzene rings is 1. The Balaban J connectivity index is 1.06. The van der Waals surface area contributed by atoms with Crippen LogP contribution in [0, 0.1) is 17.8 Å². The highest BCUT2D eigenvalue weighted by Crippen LogP contribution is 2.34. The number of aryl methyl sites for hydroxylation is 2. The molecule has 0 radical (unpaired) electrons. The molecule has 11 nitrogen and oxygen atoms in total. The Morgan fingerprint density at radius 2 is 1.91 bits per heavy atom. The summed E-state index contributed by atoms with van der Waals surface area (Å²) in [5.41, 5.74) is 1.12. The second-order valence-electron chi connectivity index (χ2n) is 13.4. The summed E-state index contributed by atoms with van der Waals surface area (Å²) in [7, 11) is 0. The molecule has 1 aliphatic carbocycles. The second kappa shape index (κ2) is 14.4. The topological polar surface area (TPSA) is 139 Å². The third kappa shape index (κ3) is 9.13. The van der Waals surface area contributed by atoms with Crippen molar-refractivity contribution >= 4 is 24.0 Å². The maximum atomic E-state index is 12.9. The number of amides is 2. The Labute approximate surface area is 270 Å². The van der Waals surface area contributed by atoms with Crippen LogP contribution in [0.3, 0.4) is 0 Å². The highest BCUT2D eigenvalue weighted by atomic mass is 16.6. The molecule has 0 spiro atoms. The molecule has 1 aromatic heterocycles. The number of ether oxygens (including phenoxy) is 3. The summed E-state index contributed by atoms with van der Waals surface area (Å²) in [5.74, 6) is 6.36. The third-order valence-corrected chi connectivity index (χ3v) is 8.34. The first kappa shape index (κ1) is 33.1. The summed E-state index contributed by atoms with van der Waals surface area (Å²) in [4.78, 5) is 43.6. The molecule has 1 aromatic carbocycles. The molecule has 2 amide bonds. The molecule has 3 aliphatic rings. The van der Waals surface area contributed by atoms with Gasteiger partial charge in [-0.05, 0) is 94.9 Å². The zero-order valence-corrected chi connectivity index (χ0v) is 26.8. The predicted octanol–water partition coefficient (Wildman–Crippen LogP) is 4.78. The van der Waals surface area contributed by atoms with Crippen LogP contribution in [-0.2, 0) is 31.8 Å². The average Bonchev–Trinajstić information content (AvgIpc) is 2.97. The molecular weight excluding hydrogens is 588 g/mol. The molecule has 46 heavy (non-hydrogen) atoms. The molecule has 1 saturated carbocycles. The van der Waals surface area contributed by atoms with Gasteiger partial charge >= 0.3 is 18.2 Å². The van der Waals surface area contributed by atoms with Crippen molar-refractivity contribution in [3.63, 3.8) is 0 Å². The highest BCUT2D eigenvalue weighted by Gasteiger charge is 2.49. The number of carbonyl (C=O) groups excluding carboxylic acids is 2. The van der Waals surface area contributed by atoms with E-state index < -0.39 is 35.4 Å². The van der Waals surface area contributed by atoms with Gasteiger partial charge in [-0.3, -0.25) is 4.90 Å². The van der Waals surface area contributed by atoms with Crippen LogP contribution in [0.25, 0.3) is 0 Å². The van der Waals surface area contributed by atoms with E-state index in [1.165, 1.54) is 10.5 Å². The van der Waals surface area contributed by atoms with E-state index in [4.69, 9.17) is 19.2 Å². The van der Waals surface area contributed by atoms with Gasteiger partial charge in [0.1, 0.15) is 17.5 Å². The number of nitrogens with one attached hydrogen (secondary N) is 2. The van der Waals surface area contributed by atoms with E-state index in [0.29, 0.717) is 11.5 Å². The number of carbonyl (C=O) groups is 3. The van der Waals surface area contributed by atoms with Crippen LogP contribution in [0.15, 0.2) is 42.5 Å². The summed E-state index contributed by atoms with van der Waals surface area (Å²) < 4.78 is 17.0. The fraction of sp³-hybridized carbons (Fsp3) is 0.543. The summed E-state index contributed by atoms with van der Waals surface area (Å²) in [6.45, 7) is 6.46. The van der Waals surface area contributed by atoms with Crippen molar-refractivity contribution in [3.05, 3.63) is 59.3 Å². The third-order valence-electron chi connectivity index (χ3n) is 8.34. The molecule has 2 aliphatic heterocycles. The molecule has 246 valence electrons. The number of pyridine rings is 1. The lowest BCUT2D eigenvalue weighted by Crippen LogP contribution is -2.66. The van der Waals surface area contributed by atoms with Crippen LogP contribution in [0.5, 0.6) is 0 Å². The van der Waals surface area contributed by atoms with Gasteiger partial charge in [0.25, 0.3) is 0 Å². The Morgan fingerprint density at radius 1 is 1.15 bits per heavy atom. The Hall–Kier alpha value is -4.30. The van der Waals surface area contributed by atoms with Crippen LogP contribution in [-0.4, -0.2) is 82.7 Å². The Kier molecular flexibility index (Phi) is 10.4. The van der Waals surface area contributed by atoms with Crippen LogP contribution in [0.1, 0.15) is 69.7 Å². The molecular formula is C35H44N4O7. The Morgan fingerprint density at radius 3 is 2.63 bits per heavy atom. The number of fused-ring (bicyclic) bond motifs is 1. The summed E-state index contributed by atoms with van der Waals surface area (Å²) in [5, 5.41) is 15.6. The first-order valence-electron chi connectivity index (χ1n) is 16.1. The fourth-order valence-corrected chi connectivity index (χ4v) is 5.77. The van der Waals surface area contributed by atoms with Gasteiger partial charge in [0.2, 0.25) is 5.60 Å². The van der Waals surface area contributed by atoms with Crippen LogP contribution in [0.2, 0.25) is 0 Å². The van der Waals surface area contributed by atoms with E-state index in [-0.39, 0.29) is 32.2 Å². The monoisotopic (exact) mass is 632 g/mol. The first-order chi connectivity index (χ1) is 22.0. The van der Waals surface area contributed by atoms with Gasteiger partial charge in [0.05, 0.1) is 19.2 Å². The number of aromatic nitrogens is 1. The molecule has 11 heteroatoms. The summed E-state index contributed by atoms with van der Waals surface area (Å²) >= 11 is 0. The van der Waals surface area contributed by atoms with E-state index in [2.05, 4.69) is 34.6 Å². The zero-order valence-electron chi connectivity index (χ0n) is 26.8. The second-order valence-corrected chi connectivity index (χ2v) is 13.4. The van der Waals surface area contributed by atoms with Gasteiger partial charge in [0, 0.05) is 30.8 Å². The summed E-state index contributed by atoms with van der Waals surface area (Å²) in [6, 6.07) is 12.3. The van der Waals surface area contributed by atoms with Crippen molar-refractivity contribution in [1.29, 1.82) is 0 Å². The number of rotatable bonds is 10. The number of hydrogen-bond acceptors (Lipinski definition) is 8. The molecule has 3 heterocycles. The molecule has 0 bridgehead atoms. The summed E-state index contributed by atoms with van der Waals surface area (Å²) in [6.07, 6.45) is 4.73. The number of likely N-dealkylation sites (tertiary alicyclic amines) is 1. The number of hydrogen-bond donors (Lipinski definition) is 3. The Bertz CT molecular complexity index is 1450. The van der Waals surface area contributed by atoms with Gasteiger partial charge in [-0.25, -0.2) is 19.4 Å². The van der Waals surface area contributed by atoms with E-state index in [1.807, 2.05) is 30.3 Å². The average molecular weight is 633 g/mol. The standard InChI is InChI=1S/C35H44N4O7/c1-34(2,3)46-33(43)39-22-35(23-39,17-15-24-8-5-4-6-9-24)45-32(42)38-29(31(40)41)16-19-44-28-20-25(21-28)11-13-27-14-12-26-10-7-18-36-30(26)37-27/h4-6,8-9,12,14,25,28-29H,7,10-11,13,16,18-23H2,1-3H3,(H,36,37)(H,38,42)(H,40,41). The van der Waals surface area contributed by atoms with Crippen LogP contribution >= 0.6 is 0 Å². The normalized spacial score (nSPS) is 20.3. The number of alkyl carbamates (subject to hydrolysis) is 1. The molecule has 3 N–H and O–H groups in total. The number of aliphatic carboxylic acids is 1. The van der Waals surface area contributed by atoms with E-state index in [0.717, 1.165) is 56.6 Å². The van der Waals surface area contributed by atoms with E-state index in [1.54, 1.807) is 20.8 Å². The van der Waals surface area contributed by atoms with Crippen molar-refractivity contribution in [2.45, 2.75) is 89.1 Å². The molecule has 1 saturated heterocycles. The van der Waals surface area contributed by atoms with Crippen LogP contribution < -0.4 is 10.6 Å². The van der Waals surface area contributed by atoms with Crippen molar-refractivity contribution in [2.75, 3.05) is 31.6 Å². The zero-order chi connectivity index (χ0) is 32.7. The van der Waals surface area contributed by atoms with E-state index in [9.17, 15) is 19.5 Å². The molecule has 2 aromatic rings. The van der Waals surface area contributed by atoms with Crippen molar-refractivity contribution in [2.24, 2.45) is 5.92 Å². The predicted molar refractivity (Wildman–Crippen MR) is 171 cm³/mol. The largest absolute Gasteiger partial charge is 0.480 e.